The zero-order valence-electron chi connectivity index (χ0n) is 8.71. The molecule has 0 amide bonds. The van der Waals surface area contributed by atoms with Crippen LogP contribution in [0.25, 0.3) is 0 Å². The molecule has 1 aliphatic rings. The van der Waals surface area contributed by atoms with Gasteiger partial charge in [0, 0.05) is 23.5 Å². The standard InChI is InChI=1S/C11H17ClN2S/c12-11-6-5-8(15-11)7-14-10-4-2-1-3-9(10)13/h5-6,9-10,14H,1-4,7,13H2. The van der Waals surface area contributed by atoms with E-state index in [4.69, 9.17) is 17.3 Å². The van der Waals surface area contributed by atoms with Crippen LogP contribution in [0.15, 0.2) is 12.1 Å². The Bertz CT molecular complexity index is 313. The first-order valence-corrected chi connectivity index (χ1v) is 6.68. The molecule has 1 heterocycles. The molecule has 0 saturated heterocycles. The maximum atomic E-state index is 6.06. The fraction of sp³-hybridized carbons (Fsp3) is 0.636. The summed E-state index contributed by atoms with van der Waals surface area (Å²) >= 11 is 7.52. The van der Waals surface area contributed by atoms with Gasteiger partial charge in [-0.2, -0.15) is 0 Å². The molecule has 0 spiro atoms. The summed E-state index contributed by atoms with van der Waals surface area (Å²) in [7, 11) is 0. The number of nitrogens with two attached hydrogens (primary N) is 1. The lowest BCUT2D eigenvalue weighted by Crippen LogP contribution is -2.46. The second-order valence-corrected chi connectivity index (χ2v) is 5.94. The summed E-state index contributed by atoms with van der Waals surface area (Å²) in [6.07, 6.45) is 4.95. The van der Waals surface area contributed by atoms with Crippen molar-refractivity contribution in [3.05, 3.63) is 21.3 Å². The quantitative estimate of drug-likeness (QED) is 0.858. The molecule has 84 valence electrons. The second kappa shape index (κ2) is 5.30. The Morgan fingerprint density at radius 2 is 2.20 bits per heavy atom. The van der Waals surface area contributed by atoms with Crippen LogP contribution in [0.4, 0.5) is 0 Å². The monoisotopic (exact) mass is 244 g/mol. The Kier molecular flexibility index (Phi) is 4.03. The van der Waals surface area contributed by atoms with Crippen molar-refractivity contribution in [1.82, 2.24) is 5.32 Å². The lowest BCUT2D eigenvalue weighted by atomic mass is 9.91. The molecule has 1 saturated carbocycles. The average Bonchev–Trinajstić information content (AvgIpc) is 2.63. The van der Waals surface area contributed by atoms with Gasteiger partial charge < -0.3 is 11.1 Å². The number of nitrogens with one attached hydrogen (secondary N) is 1. The van der Waals surface area contributed by atoms with Gasteiger partial charge in [-0.05, 0) is 25.0 Å². The van der Waals surface area contributed by atoms with Gasteiger partial charge in [-0.25, -0.2) is 0 Å². The largest absolute Gasteiger partial charge is 0.326 e. The van der Waals surface area contributed by atoms with E-state index in [-0.39, 0.29) is 0 Å². The molecule has 0 bridgehead atoms. The predicted molar refractivity (Wildman–Crippen MR) is 66.4 cm³/mol. The van der Waals surface area contributed by atoms with Crippen molar-refractivity contribution >= 4 is 22.9 Å². The van der Waals surface area contributed by atoms with E-state index in [1.54, 1.807) is 11.3 Å². The Morgan fingerprint density at radius 3 is 2.87 bits per heavy atom. The Balaban J connectivity index is 1.81. The van der Waals surface area contributed by atoms with Gasteiger partial charge in [0.2, 0.25) is 0 Å². The molecule has 2 nitrogen and oxygen atoms in total. The van der Waals surface area contributed by atoms with Crippen molar-refractivity contribution in [2.75, 3.05) is 0 Å². The van der Waals surface area contributed by atoms with Crippen molar-refractivity contribution < 1.29 is 0 Å². The van der Waals surface area contributed by atoms with Crippen LogP contribution in [0, 0.1) is 0 Å². The lowest BCUT2D eigenvalue weighted by molar-refractivity contribution is 0.327. The molecular formula is C11H17ClN2S. The Hall–Kier alpha value is -0.0900. The van der Waals surface area contributed by atoms with Gasteiger partial charge in [0.05, 0.1) is 4.34 Å². The van der Waals surface area contributed by atoms with E-state index in [2.05, 4.69) is 11.4 Å². The Labute approximate surface area is 99.8 Å². The van der Waals surface area contributed by atoms with E-state index in [0.29, 0.717) is 12.1 Å². The van der Waals surface area contributed by atoms with E-state index < -0.39 is 0 Å². The number of thiophene rings is 1. The average molecular weight is 245 g/mol. The fourth-order valence-corrected chi connectivity index (χ4v) is 3.13. The van der Waals surface area contributed by atoms with Crippen LogP contribution in [0.3, 0.4) is 0 Å². The van der Waals surface area contributed by atoms with Crippen molar-refractivity contribution in [2.24, 2.45) is 5.73 Å². The van der Waals surface area contributed by atoms with Crippen LogP contribution in [0.2, 0.25) is 4.34 Å². The van der Waals surface area contributed by atoms with Crippen molar-refractivity contribution in [3.8, 4) is 0 Å². The maximum Gasteiger partial charge on any atom is 0.0931 e. The number of halogens is 1. The molecule has 3 N–H and O–H groups in total. The Morgan fingerprint density at radius 1 is 1.40 bits per heavy atom. The normalized spacial score (nSPS) is 26.8. The van der Waals surface area contributed by atoms with Gasteiger partial charge in [0.25, 0.3) is 0 Å². The van der Waals surface area contributed by atoms with Crippen LogP contribution >= 0.6 is 22.9 Å². The van der Waals surface area contributed by atoms with Crippen LogP contribution in [-0.4, -0.2) is 12.1 Å². The minimum atomic E-state index is 0.328. The van der Waals surface area contributed by atoms with E-state index in [9.17, 15) is 0 Å². The third-order valence-corrected chi connectivity index (χ3v) is 4.22. The molecule has 0 radical (unpaired) electrons. The summed E-state index contributed by atoms with van der Waals surface area (Å²) in [6, 6.07) is 4.84. The first-order chi connectivity index (χ1) is 7.25. The van der Waals surface area contributed by atoms with Crippen LogP contribution in [0.5, 0.6) is 0 Å². The minimum Gasteiger partial charge on any atom is -0.326 e. The zero-order chi connectivity index (χ0) is 10.7. The maximum absolute atomic E-state index is 6.06. The first-order valence-electron chi connectivity index (χ1n) is 5.49. The van der Waals surface area contributed by atoms with Crippen molar-refractivity contribution in [1.29, 1.82) is 0 Å². The molecule has 2 rings (SSSR count). The molecule has 1 aromatic heterocycles. The van der Waals surface area contributed by atoms with E-state index in [0.717, 1.165) is 17.3 Å². The lowest BCUT2D eigenvalue weighted by Gasteiger charge is -2.29. The molecule has 4 heteroatoms. The smallest absolute Gasteiger partial charge is 0.0931 e. The molecule has 0 aliphatic heterocycles. The second-order valence-electron chi connectivity index (χ2n) is 4.14. The molecule has 1 fully saturated rings. The van der Waals surface area contributed by atoms with E-state index in [1.807, 2.05) is 6.07 Å². The van der Waals surface area contributed by atoms with Gasteiger partial charge in [-0.3, -0.25) is 0 Å². The molecule has 1 aliphatic carbocycles. The van der Waals surface area contributed by atoms with Crippen LogP contribution in [-0.2, 0) is 6.54 Å². The molecule has 1 aromatic rings. The van der Waals surface area contributed by atoms with Gasteiger partial charge in [-0.15, -0.1) is 11.3 Å². The van der Waals surface area contributed by atoms with Crippen LogP contribution < -0.4 is 11.1 Å². The van der Waals surface area contributed by atoms with Gasteiger partial charge >= 0.3 is 0 Å². The number of hydrogen-bond donors (Lipinski definition) is 2. The molecule has 15 heavy (non-hydrogen) atoms. The van der Waals surface area contributed by atoms with Gasteiger partial charge in [-0.1, -0.05) is 24.4 Å². The van der Waals surface area contributed by atoms with E-state index in [1.165, 1.54) is 24.1 Å². The third kappa shape index (κ3) is 3.18. The summed E-state index contributed by atoms with van der Waals surface area (Å²) in [5.41, 5.74) is 6.06. The predicted octanol–water partition coefficient (Wildman–Crippen LogP) is 2.76. The zero-order valence-corrected chi connectivity index (χ0v) is 10.3. The highest BCUT2D eigenvalue weighted by Gasteiger charge is 2.20. The summed E-state index contributed by atoms with van der Waals surface area (Å²) in [5.74, 6) is 0. The van der Waals surface area contributed by atoms with E-state index >= 15 is 0 Å². The van der Waals surface area contributed by atoms with Gasteiger partial charge in [0.1, 0.15) is 0 Å². The first kappa shape index (κ1) is 11.4. The summed E-state index contributed by atoms with van der Waals surface area (Å²) in [5, 5.41) is 3.53. The summed E-state index contributed by atoms with van der Waals surface area (Å²) in [4.78, 5) is 1.29. The molecular weight excluding hydrogens is 228 g/mol. The molecule has 2 atom stereocenters. The third-order valence-electron chi connectivity index (χ3n) is 2.99. The summed E-state index contributed by atoms with van der Waals surface area (Å²) in [6.45, 7) is 0.899. The molecule has 2 unspecified atom stereocenters. The molecule has 0 aromatic carbocycles. The van der Waals surface area contributed by atoms with Gasteiger partial charge in [0.15, 0.2) is 0 Å². The highest BCUT2D eigenvalue weighted by molar-refractivity contribution is 7.16. The highest BCUT2D eigenvalue weighted by Crippen LogP contribution is 2.22. The fourth-order valence-electron chi connectivity index (χ4n) is 2.09. The topological polar surface area (TPSA) is 38.0 Å². The minimum absolute atomic E-state index is 0.328. The summed E-state index contributed by atoms with van der Waals surface area (Å²) < 4.78 is 0.861. The van der Waals surface area contributed by atoms with Crippen molar-refractivity contribution in [2.45, 2.75) is 44.3 Å². The van der Waals surface area contributed by atoms with Crippen LogP contribution in [0.1, 0.15) is 30.6 Å². The number of hydrogen-bond acceptors (Lipinski definition) is 3. The van der Waals surface area contributed by atoms with Crippen molar-refractivity contribution in [3.63, 3.8) is 0 Å². The highest BCUT2D eigenvalue weighted by atomic mass is 35.5. The SMILES string of the molecule is NC1CCCCC1NCc1ccc(Cl)s1. The number of rotatable bonds is 3.